The molecule has 0 rings (SSSR count). The first-order chi connectivity index (χ1) is 3.42. The quantitative estimate of drug-likeness (QED) is 0.294. The van der Waals surface area contributed by atoms with Crippen molar-refractivity contribution in [1.29, 1.82) is 0 Å². The molecule has 0 saturated heterocycles. The van der Waals surface area contributed by atoms with Gasteiger partial charge in [0.1, 0.15) is 6.23 Å². The van der Waals surface area contributed by atoms with E-state index in [1.165, 1.54) is 6.92 Å². The molecule has 9 heavy (non-hydrogen) atoms. The first kappa shape index (κ1) is 12.5. The van der Waals surface area contributed by atoms with Crippen molar-refractivity contribution in [3.63, 3.8) is 0 Å². The van der Waals surface area contributed by atoms with E-state index in [1.807, 2.05) is 0 Å². The molecule has 0 heterocycles. The van der Waals surface area contributed by atoms with Crippen molar-refractivity contribution in [3.05, 3.63) is 0 Å². The Balaban J connectivity index is 0. The van der Waals surface area contributed by atoms with E-state index in [2.05, 4.69) is 4.18 Å². The summed E-state index contributed by atoms with van der Waals surface area (Å²) in [5.74, 6) is 0. The van der Waals surface area contributed by atoms with E-state index in [9.17, 15) is 8.42 Å². The molecule has 0 aromatic carbocycles. The molecule has 0 spiro atoms. The van der Waals surface area contributed by atoms with Gasteiger partial charge in [0.05, 0.1) is 0 Å². The molecule has 0 aromatic heterocycles. The van der Waals surface area contributed by atoms with Crippen LogP contribution >= 0.6 is 0 Å². The molecule has 0 fully saturated rings. The summed E-state index contributed by atoms with van der Waals surface area (Å²) < 4.78 is 31.0. The number of rotatable bonds is 2. The maximum atomic E-state index is 9.70. The Bertz CT molecular complexity index is 152. The van der Waals surface area contributed by atoms with Crippen molar-refractivity contribution in [2.45, 2.75) is 13.2 Å². The molecule has 7 heteroatoms. The van der Waals surface area contributed by atoms with Crippen molar-refractivity contribution in [1.82, 2.24) is 0 Å². The van der Waals surface area contributed by atoms with E-state index in [-0.39, 0.29) is 29.6 Å². The van der Waals surface area contributed by atoms with Crippen molar-refractivity contribution in [3.8, 4) is 0 Å². The zero-order chi connectivity index (χ0) is 6.78. The van der Waals surface area contributed by atoms with Crippen molar-refractivity contribution in [2.24, 2.45) is 5.73 Å². The van der Waals surface area contributed by atoms with Gasteiger partial charge in [-0.25, -0.2) is 4.18 Å². The molecule has 0 aliphatic carbocycles. The van der Waals surface area contributed by atoms with Crippen LogP contribution in [0.5, 0.6) is 0 Å². The fourth-order valence-electron chi connectivity index (χ4n) is 0.192. The Morgan fingerprint density at radius 3 is 2.00 bits per heavy atom. The van der Waals surface area contributed by atoms with Crippen molar-refractivity contribution < 1.29 is 17.2 Å². The van der Waals surface area contributed by atoms with E-state index in [4.69, 9.17) is 10.3 Å². The van der Waals surface area contributed by atoms with Crippen LogP contribution in [0.3, 0.4) is 0 Å². The first-order valence-electron chi connectivity index (χ1n) is 1.83. The van der Waals surface area contributed by atoms with Crippen LogP contribution in [-0.4, -0.2) is 48.8 Å². The molecule has 1 atom stereocenters. The Morgan fingerprint density at radius 2 is 2.00 bits per heavy atom. The molecule has 52 valence electrons. The zero-order valence-corrected chi connectivity index (χ0v) is 5.05. The molecule has 0 aliphatic rings. The fraction of sp³-hybridized carbons (Fsp3) is 1.00. The van der Waals surface area contributed by atoms with Gasteiger partial charge < -0.3 is 5.73 Å². The maximum absolute atomic E-state index is 9.70. The topological polar surface area (TPSA) is 89.6 Å². The van der Waals surface area contributed by atoms with Gasteiger partial charge in [0.15, 0.2) is 0 Å². The van der Waals surface area contributed by atoms with Crippen molar-refractivity contribution in [2.75, 3.05) is 0 Å². The third-order valence-electron chi connectivity index (χ3n) is 0.273. The fourth-order valence-corrected chi connectivity index (χ4v) is 0.575. The minimum absolute atomic E-state index is 0. The second-order valence-electron chi connectivity index (χ2n) is 1.23. The summed E-state index contributed by atoms with van der Waals surface area (Å²) in [5, 5.41) is 0. The zero-order valence-electron chi connectivity index (χ0n) is 4.23. The Morgan fingerprint density at radius 1 is 1.67 bits per heavy atom. The van der Waals surface area contributed by atoms with Crippen molar-refractivity contribution >= 4 is 40.0 Å². The molecule has 0 bridgehead atoms. The van der Waals surface area contributed by atoms with Gasteiger partial charge in [-0.2, -0.15) is 8.42 Å². The average Bonchev–Trinajstić information content (AvgIpc) is 1.21. The first-order valence-corrected chi connectivity index (χ1v) is 3.19. The molecule has 0 amide bonds. The standard InChI is InChI=1S/C2H7NO4S.Na.H/c1-2(3)7-8(4,5)6;;/h2H,3H2,1H3,(H,4,5,6);;. The molecule has 0 radical (unpaired) electrons. The molecule has 3 N–H and O–H groups in total. The van der Waals surface area contributed by atoms with Crippen LogP contribution in [0.15, 0.2) is 0 Å². The van der Waals surface area contributed by atoms with Gasteiger partial charge >= 0.3 is 40.0 Å². The average molecular weight is 165 g/mol. The summed E-state index contributed by atoms with van der Waals surface area (Å²) in [6.07, 6.45) is -0.995. The van der Waals surface area contributed by atoms with Crippen LogP contribution in [0.1, 0.15) is 6.92 Å². The third-order valence-corrected chi connectivity index (χ3v) is 0.820. The predicted octanol–water partition coefficient (Wildman–Crippen LogP) is -1.54. The molecular weight excluding hydrogens is 157 g/mol. The Kier molecular flexibility index (Phi) is 6.41. The monoisotopic (exact) mass is 165 g/mol. The van der Waals surface area contributed by atoms with E-state index in [1.54, 1.807) is 0 Å². The molecular formula is C2H8NNaO4S. The van der Waals surface area contributed by atoms with Gasteiger partial charge in [-0.3, -0.25) is 4.55 Å². The molecule has 1 unspecified atom stereocenters. The van der Waals surface area contributed by atoms with Crippen LogP contribution in [0, 0.1) is 0 Å². The number of nitrogens with two attached hydrogens (primary N) is 1. The molecule has 0 aromatic rings. The van der Waals surface area contributed by atoms with E-state index in [0.717, 1.165) is 0 Å². The molecule has 0 saturated carbocycles. The Labute approximate surface area is 75.8 Å². The van der Waals surface area contributed by atoms with Crippen LogP contribution in [-0.2, 0) is 14.6 Å². The summed E-state index contributed by atoms with van der Waals surface area (Å²) in [6, 6.07) is 0. The van der Waals surface area contributed by atoms with Gasteiger partial charge in [-0.1, -0.05) is 0 Å². The van der Waals surface area contributed by atoms with Crippen LogP contribution < -0.4 is 5.73 Å². The summed E-state index contributed by atoms with van der Waals surface area (Å²) in [6.45, 7) is 1.29. The second kappa shape index (κ2) is 4.62. The van der Waals surface area contributed by atoms with E-state index >= 15 is 0 Å². The minimum atomic E-state index is -4.35. The SMILES string of the molecule is CC(N)OS(=O)(=O)O.[NaH]. The van der Waals surface area contributed by atoms with Gasteiger partial charge in [0, 0.05) is 0 Å². The van der Waals surface area contributed by atoms with Crippen LogP contribution in [0.4, 0.5) is 0 Å². The van der Waals surface area contributed by atoms with Gasteiger partial charge in [0.25, 0.3) is 0 Å². The molecule has 0 aliphatic heterocycles. The van der Waals surface area contributed by atoms with E-state index in [0.29, 0.717) is 0 Å². The molecule has 5 nitrogen and oxygen atoms in total. The van der Waals surface area contributed by atoms with Gasteiger partial charge in [0.2, 0.25) is 0 Å². The second-order valence-corrected chi connectivity index (χ2v) is 2.28. The van der Waals surface area contributed by atoms with Crippen LogP contribution in [0.25, 0.3) is 0 Å². The number of hydrogen-bond acceptors (Lipinski definition) is 4. The van der Waals surface area contributed by atoms with Gasteiger partial charge in [-0.05, 0) is 6.92 Å². The summed E-state index contributed by atoms with van der Waals surface area (Å²) in [7, 11) is -4.35. The summed E-state index contributed by atoms with van der Waals surface area (Å²) in [5.41, 5.74) is 4.82. The predicted molar refractivity (Wildman–Crippen MR) is 33.4 cm³/mol. The number of hydrogen-bond donors (Lipinski definition) is 2. The Hall–Kier alpha value is 0.830. The van der Waals surface area contributed by atoms with E-state index < -0.39 is 16.6 Å². The normalized spacial score (nSPS) is 14.1. The summed E-state index contributed by atoms with van der Waals surface area (Å²) >= 11 is 0. The summed E-state index contributed by atoms with van der Waals surface area (Å²) in [4.78, 5) is 0. The van der Waals surface area contributed by atoms with Crippen LogP contribution in [0.2, 0.25) is 0 Å². The van der Waals surface area contributed by atoms with Gasteiger partial charge in [-0.15, -0.1) is 0 Å². The third kappa shape index (κ3) is 12.1.